The first-order valence-electron chi connectivity index (χ1n) is 10.2. The Balaban J connectivity index is 1.94. The number of aliphatic hydroxyl groups is 2. The Hall–Kier alpha value is -1.72. The lowest BCUT2D eigenvalue weighted by molar-refractivity contribution is -0.132. The second kappa shape index (κ2) is 10.0. The minimum Gasteiger partial charge on any atom is -0.381 e. The molecule has 1 saturated heterocycles. The molecule has 3 rings (SSSR count). The summed E-state index contributed by atoms with van der Waals surface area (Å²) in [4.78, 5) is 42.0. The highest BCUT2D eigenvalue weighted by molar-refractivity contribution is 8.83. The van der Waals surface area contributed by atoms with Gasteiger partial charge in [-0.1, -0.05) is 28.5 Å². The van der Waals surface area contributed by atoms with Gasteiger partial charge in [0.05, 0.1) is 16.5 Å². The summed E-state index contributed by atoms with van der Waals surface area (Å²) in [6.07, 6.45) is 7.11. The average molecular weight is 495 g/mol. The van der Waals surface area contributed by atoms with Gasteiger partial charge >= 0.3 is 0 Å². The lowest BCUT2D eigenvalue weighted by atomic mass is 9.81. The fourth-order valence-electron chi connectivity index (χ4n) is 3.47. The van der Waals surface area contributed by atoms with E-state index in [-0.39, 0.29) is 23.5 Å². The van der Waals surface area contributed by atoms with E-state index >= 15 is 0 Å². The summed E-state index contributed by atoms with van der Waals surface area (Å²) in [6, 6.07) is -0.334. The third kappa shape index (κ3) is 5.43. The van der Waals surface area contributed by atoms with Gasteiger partial charge in [-0.15, -0.1) is 11.3 Å². The number of nitrogens with zero attached hydrogens (tertiary/aromatic N) is 1. The van der Waals surface area contributed by atoms with Crippen molar-refractivity contribution in [1.29, 1.82) is 0 Å². The van der Waals surface area contributed by atoms with E-state index in [2.05, 4.69) is 10.3 Å². The number of fused-ring (bicyclic) bond motifs is 2. The fourth-order valence-corrected chi connectivity index (χ4v) is 7.66. The van der Waals surface area contributed by atoms with Crippen LogP contribution >= 0.6 is 32.9 Å². The first-order chi connectivity index (χ1) is 15.0. The van der Waals surface area contributed by atoms with Gasteiger partial charge in [0.15, 0.2) is 5.78 Å². The number of thiazole rings is 1. The van der Waals surface area contributed by atoms with Crippen molar-refractivity contribution in [2.24, 2.45) is 0 Å². The van der Waals surface area contributed by atoms with Gasteiger partial charge in [-0.2, -0.15) is 0 Å². The zero-order chi connectivity index (χ0) is 23.5. The molecule has 4 atom stereocenters. The topological polar surface area (TPSA) is 117 Å². The molecule has 2 aliphatic rings. The van der Waals surface area contributed by atoms with Crippen molar-refractivity contribution in [1.82, 2.24) is 10.3 Å². The molecule has 0 aliphatic carbocycles. The molecule has 0 aromatic carbocycles. The monoisotopic (exact) mass is 494 g/mol. The van der Waals surface area contributed by atoms with Crippen molar-refractivity contribution in [3.63, 3.8) is 0 Å². The second-order valence-corrected chi connectivity index (χ2v) is 11.6. The maximum Gasteiger partial charge on any atom is 0.232 e. The van der Waals surface area contributed by atoms with E-state index in [1.165, 1.54) is 41.2 Å². The Kier molecular flexibility index (Phi) is 7.82. The van der Waals surface area contributed by atoms with Crippen molar-refractivity contribution in [3.8, 4) is 0 Å². The number of aliphatic hydroxyl groups excluding tert-OH is 1. The van der Waals surface area contributed by atoms with E-state index in [4.69, 9.17) is 0 Å². The Bertz CT molecular complexity index is 997. The van der Waals surface area contributed by atoms with E-state index < -0.39 is 22.2 Å². The summed E-state index contributed by atoms with van der Waals surface area (Å²) in [5.74, 6) is -0.737. The molecule has 0 radical (unpaired) electrons. The minimum absolute atomic E-state index is 0.0522. The molecule has 32 heavy (non-hydrogen) atoms. The van der Waals surface area contributed by atoms with Crippen LogP contribution in [0.1, 0.15) is 56.8 Å². The third-order valence-corrected chi connectivity index (χ3v) is 9.99. The molecule has 0 saturated carbocycles. The number of rotatable bonds is 0. The van der Waals surface area contributed by atoms with Crippen LogP contribution in [0.4, 0.5) is 0 Å². The molecule has 3 heterocycles. The lowest BCUT2D eigenvalue weighted by Crippen LogP contribution is -2.52. The highest BCUT2D eigenvalue weighted by Gasteiger charge is 2.59. The zero-order valence-corrected chi connectivity index (χ0v) is 20.5. The SMILES string of the molecule is C/C1=C/C(O)C(=O)/C=C\C=C\c2csc(n2)C(C)NC(=O)CC2(CC1)SSC(=O)C2(C)O. The number of hydrogen-bond acceptors (Lipinski definition) is 9. The van der Waals surface area contributed by atoms with Gasteiger partial charge in [-0.3, -0.25) is 14.4 Å². The van der Waals surface area contributed by atoms with Crippen LogP contribution in [0.3, 0.4) is 0 Å². The van der Waals surface area contributed by atoms with Crippen LogP contribution in [-0.2, 0) is 14.4 Å². The van der Waals surface area contributed by atoms with E-state index in [0.29, 0.717) is 18.5 Å². The second-order valence-electron chi connectivity index (χ2n) is 8.18. The van der Waals surface area contributed by atoms with Gasteiger partial charge < -0.3 is 15.5 Å². The molecule has 2 aliphatic heterocycles. The van der Waals surface area contributed by atoms with Gasteiger partial charge in [-0.25, -0.2) is 4.98 Å². The van der Waals surface area contributed by atoms with Crippen molar-refractivity contribution in [2.75, 3.05) is 0 Å². The predicted octanol–water partition coefficient (Wildman–Crippen LogP) is 3.36. The summed E-state index contributed by atoms with van der Waals surface area (Å²) in [6.45, 7) is 5.06. The van der Waals surface area contributed by atoms with Crippen LogP contribution in [0.15, 0.2) is 35.3 Å². The van der Waals surface area contributed by atoms with Crippen molar-refractivity contribution < 1.29 is 24.6 Å². The lowest BCUT2D eigenvalue weighted by Gasteiger charge is -2.36. The van der Waals surface area contributed by atoms with Gasteiger partial charge in [-0.05, 0) is 62.6 Å². The van der Waals surface area contributed by atoms with Crippen LogP contribution in [0, 0.1) is 0 Å². The standard InChI is InChI=1S/C22H26N2O5S3/c1-13-8-9-22(21(3,29)20(28)31-32-22)11-18(27)23-14(2)19-24-15(12-30-19)6-4-5-7-16(25)17(26)10-13/h4-7,10,12,14,17,26,29H,8-9,11H2,1-3H3,(H,23,27)/b6-4+,7-5-,13-10-. The van der Waals surface area contributed by atoms with E-state index in [0.717, 1.165) is 21.4 Å². The molecule has 7 nitrogen and oxygen atoms in total. The number of carbonyl (C=O) groups is 3. The van der Waals surface area contributed by atoms with Crippen LogP contribution in [0.25, 0.3) is 6.08 Å². The predicted molar refractivity (Wildman–Crippen MR) is 129 cm³/mol. The van der Waals surface area contributed by atoms with Gasteiger partial charge in [0.25, 0.3) is 0 Å². The van der Waals surface area contributed by atoms with Crippen LogP contribution < -0.4 is 5.32 Å². The van der Waals surface area contributed by atoms with Gasteiger partial charge in [0.1, 0.15) is 16.7 Å². The molecule has 3 N–H and O–H groups in total. The normalized spacial score (nSPS) is 36.2. The Morgan fingerprint density at radius 2 is 1.94 bits per heavy atom. The molecule has 172 valence electrons. The molecular weight excluding hydrogens is 468 g/mol. The van der Waals surface area contributed by atoms with Crippen molar-refractivity contribution >= 4 is 55.8 Å². The molecule has 1 amide bonds. The number of amides is 1. The molecule has 4 unspecified atom stereocenters. The largest absolute Gasteiger partial charge is 0.381 e. The molecule has 10 heteroatoms. The van der Waals surface area contributed by atoms with E-state index in [1.54, 1.807) is 25.2 Å². The molecule has 1 fully saturated rings. The first kappa shape index (κ1) is 24.9. The minimum atomic E-state index is -1.69. The molecule has 2 bridgehead atoms. The van der Waals surface area contributed by atoms with Crippen molar-refractivity contribution in [2.45, 2.75) is 62.5 Å². The van der Waals surface area contributed by atoms with Gasteiger partial charge in [0, 0.05) is 11.8 Å². The number of nitrogens with one attached hydrogen (secondary N) is 1. The van der Waals surface area contributed by atoms with Crippen LogP contribution in [0.2, 0.25) is 0 Å². The molecule has 1 spiro atoms. The summed E-state index contributed by atoms with van der Waals surface area (Å²) in [7, 11) is 2.17. The molecule has 1 aromatic heterocycles. The Morgan fingerprint density at radius 1 is 1.22 bits per heavy atom. The number of carbonyl (C=O) groups excluding carboxylic acids is 3. The van der Waals surface area contributed by atoms with E-state index in [1.807, 2.05) is 12.3 Å². The maximum absolute atomic E-state index is 12.9. The average Bonchev–Trinajstić information content (AvgIpc) is 3.28. The van der Waals surface area contributed by atoms with E-state index in [9.17, 15) is 24.6 Å². The number of hydrogen-bond donors (Lipinski definition) is 3. The smallest absolute Gasteiger partial charge is 0.232 e. The quantitative estimate of drug-likeness (QED) is 0.371. The number of aromatic nitrogens is 1. The van der Waals surface area contributed by atoms with Gasteiger partial charge in [0.2, 0.25) is 11.0 Å². The zero-order valence-electron chi connectivity index (χ0n) is 18.0. The third-order valence-electron chi connectivity index (χ3n) is 5.59. The highest BCUT2D eigenvalue weighted by atomic mass is 33.1. The first-order valence-corrected chi connectivity index (χ1v) is 13.2. The number of allylic oxidation sites excluding steroid dienone is 3. The summed E-state index contributed by atoms with van der Waals surface area (Å²) >= 11 is 1.40. The highest BCUT2D eigenvalue weighted by Crippen LogP contribution is 2.58. The molecular formula is C22H26N2O5S3. The summed E-state index contributed by atoms with van der Waals surface area (Å²) in [5, 5.41) is 26.3. The van der Waals surface area contributed by atoms with Crippen molar-refractivity contribution in [3.05, 3.63) is 46.0 Å². The summed E-state index contributed by atoms with van der Waals surface area (Å²) in [5.41, 5.74) is -0.271. The van der Waals surface area contributed by atoms with Crippen LogP contribution in [-0.4, -0.2) is 48.5 Å². The maximum atomic E-state index is 12.9. The Morgan fingerprint density at radius 3 is 2.62 bits per heavy atom. The van der Waals surface area contributed by atoms with Crippen LogP contribution in [0.5, 0.6) is 0 Å². The summed E-state index contributed by atoms with van der Waals surface area (Å²) < 4.78 is -1.04. The molecule has 1 aromatic rings. The number of ketones is 1. The Labute approximate surface area is 198 Å². The fraction of sp³-hybridized carbons (Fsp3) is 0.455.